The molecule has 2 aromatic heterocycles. The monoisotopic (exact) mass is 509 g/mol. The number of aryl methyl sites for hydroxylation is 1. The van der Waals surface area contributed by atoms with Crippen molar-refractivity contribution in [3.05, 3.63) is 84.2 Å². The molecule has 1 aliphatic heterocycles. The molecule has 0 radical (unpaired) electrons. The van der Waals surface area contributed by atoms with E-state index in [0.717, 1.165) is 43.0 Å². The summed E-state index contributed by atoms with van der Waals surface area (Å²) < 4.78 is 6.18. The third kappa shape index (κ3) is 5.73. The third-order valence-electron chi connectivity index (χ3n) is 6.56. The lowest BCUT2D eigenvalue weighted by molar-refractivity contribution is 0.102. The molecule has 0 saturated carbocycles. The van der Waals surface area contributed by atoms with Gasteiger partial charge in [-0.25, -0.2) is 15.0 Å². The van der Waals surface area contributed by atoms with Crippen molar-refractivity contribution in [1.82, 2.24) is 19.9 Å². The van der Waals surface area contributed by atoms with E-state index in [2.05, 4.69) is 42.4 Å². The van der Waals surface area contributed by atoms with Gasteiger partial charge in [0.1, 0.15) is 5.75 Å². The number of benzene rings is 2. The molecule has 9 nitrogen and oxygen atoms in total. The molecule has 38 heavy (non-hydrogen) atoms. The maximum atomic E-state index is 12.9. The fraction of sp³-hybridized carbons (Fsp3) is 0.241. The number of nitrogens with one attached hydrogen (secondary N) is 2. The standard InChI is InChI=1S/C29H31N7O2/c1-20-19-22(33-27(37)21-6-9-23(10-7-21)36-17-15-35(3)16-18-36)8-11-26(20)38-28-24(5-4-13-31-28)25-12-14-32-29(30-2)34-25/h4-14,19H,15-18H2,1-3H3,(H,33,37)(H,30,32,34). The molecule has 194 valence electrons. The Labute approximate surface area is 222 Å². The highest BCUT2D eigenvalue weighted by molar-refractivity contribution is 6.04. The van der Waals surface area contributed by atoms with Crippen LogP contribution >= 0.6 is 0 Å². The number of anilines is 3. The summed E-state index contributed by atoms with van der Waals surface area (Å²) in [7, 11) is 3.91. The molecule has 2 N–H and O–H groups in total. The summed E-state index contributed by atoms with van der Waals surface area (Å²) in [5.41, 5.74) is 4.77. The molecule has 3 heterocycles. The van der Waals surface area contributed by atoms with Gasteiger partial charge < -0.3 is 25.2 Å². The maximum absolute atomic E-state index is 12.9. The highest BCUT2D eigenvalue weighted by Gasteiger charge is 2.16. The van der Waals surface area contributed by atoms with Gasteiger partial charge in [-0.05, 0) is 80.2 Å². The molecule has 1 fully saturated rings. The predicted octanol–water partition coefficient (Wildman–Crippen LogP) is 4.69. The van der Waals surface area contributed by atoms with Gasteiger partial charge in [0.25, 0.3) is 5.91 Å². The number of hydrogen-bond acceptors (Lipinski definition) is 8. The Morgan fingerprint density at radius 3 is 2.47 bits per heavy atom. The second-order valence-electron chi connectivity index (χ2n) is 9.25. The number of hydrogen-bond donors (Lipinski definition) is 2. The average Bonchev–Trinajstić information content (AvgIpc) is 2.95. The van der Waals surface area contributed by atoms with Crippen LogP contribution in [-0.2, 0) is 0 Å². The lowest BCUT2D eigenvalue weighted by atomic mass is 10.1. The largest absolute Gasteiger partial charge is 0.438 e. The van der Waals surface area contributed by atoms with Gasteiger partial charge in [-0.2, -0.15) is 0 Å². The summed E-state index contributed by atoms with van der Waals surface area (Å²) in [5, 5.41) is 5.94. The van der Waals surface area contributed by atoms with Gasteiger partial charge in [0.2, 0.25) is 11.8 Å². The topological polar surface area (TPSA) is 95.5 Å². The van der Waals surface area contributed by atoms with E-state index in [1.807, 2.05) is 67.6 Å². The van der Waals surface area contributed by atoms with Crippen molar-refractivity contribution in [2.45, 2.75) is 6.92 Å². The van der Waals surface area contributed by atoms with Crippen LogP contribution in [0.3, 0.4) is 0 Å². The number of nitrogens with zero attached hydrogens (tertiary/aromatic N) is 5. The van der Waals surface area contributed by atoms with E-state index in [9.17, 15) is 4.79 Å². The number of pyridine rings is 1. The fourth-order valence-electron chi connectivity index (χ4n) is 4.33. The summed E-state index contributed by atoms with van der Waals surface area (Å²) in [6.07, 6.45) is 3.37. The molecule has 1 aliphatic rings. The van der Waals surface area contributed by atoms with E-state index < -0.39 is 0 Å². The van der Waals surface area contributed by atoms with Crippen LogP contribution in [0.5, 0.6) is 11.6 Å². The maximum Gasteiger partial charge on any atom is 0.255 e. The zero-order chi connectivity index (χ0) is 26.5. The van der Waals surface area contributed by atoms with E-state index in [1.165, 1.54) is 0 Å². The van der Waals surface area contributed by atoms with Gasteiger partial charge >= 0.3 is 0 Å². The summed E-state index contributed by atoms with van der Waals surface area (Å²) in [6.45, 7) is 6.00. The van der Waals surface area contributed by atoms with Crippen molar-refractivity contribution in [2.24, 2.45) is 0 Å². The Hall–Kier alpha value is -4.50. The first kappa shape index (κ1) is 25.2. The van der Waals surface area contributed by atoms with Crippen LogP contribution in [0.4, 0.5) is 17.3 Å². The van der Waals surface area contributed by atoms with E-state index in [4.69, 9.17) is 4.74 Å². The van der Waals surface area contributed by atoms with Crippen molar-refractivity contribution in [3.63, 3.8) is 0 Å². The van der Waals surface area contributed by atoms with Gasteiger partial charge in [-0.3, -0.25) is 4.79 Å². The summed E-state index contributed by atoms with van der Waals surface area (Å²) >= 11 is 0. The quantitative estimate of drug-likeness (QED) is 0.371. The summed E-state index contributed by atoms with van der Waals surface area (Å²) in [5.74, 6) is 1.44. The second kappa shape index (κ2) is 11.3. The van der Waals surface area contributed by atoms with Crippen molar-refractivity contribution >= 4 is 23.2 Å². The first-order valence-electron chi connectivity index (χ1n) is 12.6. The predicted molar refractivity (Wildman–Crippen MR) is 150 cm³/mol. The lowest BCUT2D eigenvalue weighted by Gasteiger charge is -2.34. The van der Waals surface area contributed by atoms with E-state index in [-0.39, 0.29) is 5.91 Å². The summed E-state index contributed by atoms with van der Waals surface area (Å²) in [4.78, 5) is 30.7. The zero-order valence-corrected chi connectivity index (χ0v) is 21.8. The summed E-state index contributed by atoms with van der Waals surface area (Å²) in [6, 6.07) is 18.9. The first-order valence-corrected chi connectivity index (χ1v) is 12.6. The SMILES string of the molecule is CNc1nccc(-c2cccnc2Oc2ccc(NC(=O)c3ccc(N4CCN(C)CC4)cc3)cc2C)n1. The second-order valence-corrected chi connectivity index (χ2v) is 9.25. The number of piperazine rings is 1. The number of rotatable bonds is 7. The van der Waals surface area contributed by atoms with E-state index in [1.54, 1.807) is 19.4 Å². The number of carbonyl (C=O) groups is 1. The molecule has 0 unspecified atom stereocenters. The van der Waals surface area contributed by atoms with Crippen LogP contribution < -0.4 is 20.3 Å². The molecule has 9 heteroatoms. The molecule has 2 aromatic carbocycles. The van der Waals surface area contributed by atoms with Crippen molar-refractivity contribution < 1.29 is 9.53 Å². The van der Waals surface area contributed by atoms with Crippen LogP contribution in [0.1, 0.15) is 15.9 Å². The number of likely N-dealkylation sites (N-methyl/N-ethyl adjacent to an activating group) is 1. The highest BCUT2D eigenvalue weighted by atomic mass is 16.5. The van der Waals surface area contributed by atoms with Crippen LogP contribution in [-0.4, -0.2) is 66.0 Å². The highest BCUT2D eigenvalue weighted by Crippen LogP contribution is 2.33. The van der Waals surface area contributed by atoms with Crippen LogP contribution in [0.2, 0.25) is 0 Å². The van der Waals surface area contributed by atoms with Gasteiger partial charge in [-0.1, -0.05) is 0 Å². The number of ether oxygens (including phenoxy) is 1. The number of aromatic nitrogens is 3. The van der Waals surface area contributed by atoms with Crippen molar-refractivity contribution in [3.8, 4) is 22.9 Å². The van der Waals surface area contributed by atoms with Crippen molar-refractivity contribution in [2.75, 3.05) is 55.8 Å². The van der Waals surface area contributed by atoms with Gasteiger partial charge in [0.05, 0.1) is 11.3 Å². The van der Waals surface area contributed by atoms with Crippen LogP contribution in [0, 0.1) is 6.92 Å². The molecule has 1 amide bonds. The fourth-order valence-corrected chi connectivity index (χ4v) is 4.33. The Bertz CT molecular complexity index is 1420. The molecule has 1 saturated heterocycles. The molecule has 0 aliphatic carbocycles. The van der Waals surface area contributed by atoms with E-state index in [0.29, 0.717) is 34.5 Å². The molecule has 4 aromatic rings. The minimum Gasteiger partial charge on any atom is -0.438 e. The van der Waals surface area contributed by atoms with Gasteiger partial charge in [0, 0.05) is 62.6 Å². The van der Waals surface area contributed by atoms with Crippen LogP contribution in [0.15, 0.2) is 73.1 Å². The number of amides is 1. The van der Waals surface area contributed by atoms with E-state index >= 15 is 0 Å². The van der Waals surface area contributed by atoms with Crippen LogP contribution in [0.25, 0.3) is 11.3 Å². The minimum atomic E-state index is -0.154. The molecule has 0 atom stereocenters. The molecular weight excluding hydrogens is 478 g/mol. The molecular formula is C29H31N7O2. The lowest BCUT2D eigenvalue weighted by Crippen LogP contribution is -2.44. The third-order valence-corrected chi connectivity index (χ3v) is 6.56. The Morgan fingerprint density at radius 1 is 0.947 bits per heavy atom. The molecule has 5 rings (SSSR count). The Kier molecular flexibility index (Phi) is 7.46. The average molecular weight is 510 g/mol. The van der Waals surface area contributed by atoms with Gasteiger partial charge in [-0.15, -0.1) is 0 Å². The molecule has 0 spiro atoms. The minimum absolute atomic E-state index is 0.154. The van der Waals surface area contributed by atoms with Crippen molar-refractivity contribution in [1.29, 1.82) is 0 Å². The smallest absolute Gasteiger partial charge is 0.255 e. The Balaban J connectivity index is 1.27. The molecule has 0 bridgehead atoms. The van der Waals surface area contributed by atoms with Gasteiger partial charge in [0.15, 0.2) is 0 Å². The normalized spacial score (nSPS) is 13.7. The number of carbonyl (C=O) groups excluding carboxylic acids is 1. The zero-order valence-electron chi connectivity index (χ0n) is 21.8. The first-order chi connectivity index (χ1) is 18.5. The Morgan fingerprint density at radius 2 is 1.74 bits per heavy atom.